The van der Waals surface area contributed by atoms with E-state index in [0.29, 0.717) is 12.5 Å². The van der Waals surface area contributed by atoms with E-state index in [1.165, 1.54) is 38.9 Å². The van der Waals surface area contributed by atoms with Crippen molar-refractivity contribution >= 4 is 32.9 Å². The van der Waals surface area contributed by atoms with Crippen LogP contribution in [0.1, 0.15) is 84.7 Å². The van der Waals surface area contributed by atoms with Gasteiger partial charge in [0.1, 0.15) is 5.75 Å². The standard InChI is InChI=1S/C36H45N5O5S/c1-38(2)47(44,45)37-34(42)23-13-16-26-29(17-23)40-21-36(35(43)41-24-14-15-25(41)20-39(3)19-24)18-28(36)32-27(11-8-12-30(32)46-4)33(40)31(26)22-9-6-5-7-10-22/h8,11-13,16-17,22,24-25,28H,5-7,9-10,14-15,18-21H2,1-4H3,(H,37,42). The van der Waals surface area contributed by atoms with Crippen molar-refractivity contribution in [2.75, 3.05) is 41.3 Å². The van der Waals surface area contributed by atoms with Crippen LogP contribution in [0.3, 0.4) is 0 Å². The molecule has 250 valence electrons. The third-order valence-corrected chi connectivity index (χ3v) is 13.2. The van der Waals surface area contributed by atoms with E-state index < -0.39 is 21.5 Å². The first-order valence-electron chi connectivity index (χ1n) is 17.1. The molecule has 2 saturated carbocycles. The minimum Gasteiger partial charge on any atom is -0.496 e. The molecule has 4 unspecified atom stereocenters. The number of hydrogen-bond donors (Lipinski definition) is 1. The van der Waals surface area contributed by atoms with Gasteiger partial charge in [-0.2, -0.15) is 12.7 Å². The van der Waals surface area contributed by atoms with Gasteiger partial charge in [0.05, 0.1) is 18.2 Å². The average molecular weight is 660 g/mol. The molecular weight excluding hydrogens is 614 g/mol. The third-order valence-electron chi connectivity index (χ3n) is 11.8. The van der Waals surface area contributed by atoms with Crippen molar-refractivity contribution in [1.29, 1.82) is 0 Å². The topological polar surface area (TPSA) is 104 Å². The zero-order chi connectivity index (χ0) is 32.8. The van der Waals surface area contributed by atoms with E-state index >= 15 is 4.79 Å². The molecular formula is C36H45N5O5S. The second kappa shape index (κ2) is 11.1. The number of likely N-dealkylation sites (N-methyl/N-ethyl adjacent to an activating group) is 1. The number of ether oxygens (including phenoxy) is 1. The molecule has 2 bridgehead atoms. The molecule has 4 atom stereocenters. The van der Waals surface area contributed by atoms with Crippen molar-refractivity contribution in [3.8, 4) is 17.0 Å². The number of likely N-dealkylation sites (tertiary alicyclic amines) is 1. The molecule has 2 aromatic carbocycles. The number of benzene rings is 2. The first-order valence-corrected chi connectivity index (χ1v) is 18.6. The highest BCUT2D eigenvalue weighted by atomic mass is 32.2. The van der Waals surface area contributed by atoms with Crippen LogP contribution in [0.5, 0.6) is 5.75 Å². The molecule has 47 heavy (non-hydrogen) atoms. The second-order valence-electron chi connectivity index (χ2n) is 14.8. The van der Waals surface area contributed by atoms with Gasteiger partial charge in [-0.1, -0.05) is 37.5 Å². The van der Waals surface area contributed by atoms with Crippen LogP contribution in [0.4, 0.5) is 0 Å². The Hall–Kier alpha value is -3.41. The van der Waals surface area contributed by atoms with Crippen LogP contribution in [-0.2, 0) is 21.5 Å². The highest BCUT2D eigenvalue weighted by Gasteiger charge is 2.66. The Morgan fingerprint density at radius 1 is 0.979 bits per heavy atom. The Balaban J connectivity index is 1.33. The van der Waals surface area contributed by atoms with Gasteiger partial charge >= 0.3 is 10.2 Å². The van der Waals surface area contributed by atoms with Crippen molar-refractivity contribution < 1.29 is 22.7 Å². The molecule has 3 aromatic rings. The van der Waals surface area contributed by atoms with Gasteiger partial charge in [-0.05, 0) is 68.8 Å². The average Bonchev–Trinajstić information content (AvgIpc) is 3.63. The Morgan fingerprint density at radius 3 is 2.38 bits per heavy atom. The number of rotatable bonds is 6. The summed E-state index contributed by atoms with van der Waals surface area (Å²) in [5, 5.41) is 1.08. The van der Waals surface area contributed by atoms with E-state index in [1.54, 1.807) is 13.2 Å². The molecule has 5 aliphatic rings. The zero-order valence-corrected chi connectivity index (χ0v) is 28.6. The Labute approximate surface area is 277 Å². The molecule has 0 radical (unpaired) electrons. The highest BCUT2D eigenvalue weighted by molar-refractivity contribution is 7.87. The number of nitrogens with zero attached hydrogens (tertiary/aromatic N) is 4. The van der Waals surface area contributed by atoms with E-state index in [-0.39, 0.29) is 29.5 Å². The van der Waals surface area contributed by atoms with E-state index in [2.05, 4.69) is 32.2 Å². The van der Waals surface area contributed by atoms with E-state index in [0.717, 1.165) is 83.0 Å². The molecule has 2 saturated heterocycles. The molecule has 10 nitrogen and oxygen atoms in total. The summed E-state index contributed by atoms with van der Waals surface area (Å²) in [6.07, 6.45) is 8.58. The number of carbonyl (C=O) groups is 2. The molecule has 1 N–H and O–H groups in total. The lowest BCUT2D eigenvalue weighted by Crippen LogP contribution is -2.57. The number of hydrogen-bond acceptors (Lipinski definition) is 6. The molecule has 0 spiro atoms. The Kier molecular flexibility index (Phi) is 7.27. The maximum atomic E-state index is 15.0. The van der Waals surface area contributed by atoms with Crippen LogP contribution in [0.25, 0.3) is 22.2 Å². The molecule has 3 aliphatic heterocycles. The molecule has 4 heterocycles. The highest BCUT2D eigenvalue weighted by Crippen LogP contribution is 2.68. The predicted molar refractivity (Wildman–Crippen MR) is 181 cm³/mol. The summed E-state index contributed by atoms with van der Waals surface area (Å²) in [6, 6.07) is 12.3. The predicted octanol–water partition coefficient (Wildman–Crippen LogP) is 4.69. The zero-order valence-electron chi connectivity index (χ0n) is 27.8. The first-order chi connectivity index (χ1) is 22.5. The number of methoxy groups -OCH3 is 1. The molecule has 11 heteroatoms. The first kappa shape index (κ1) is 30.9. The summed E-state index contributed by atoms with van der Waals surface area (Å²) in [7, 11) is 2.69. The summed E-state index contributed by atoms with van der Waals surface area (Å²) in [6.45, 7) is 2.32. The number of amides is 2. The Morgan fingerprint density at radius 2 is 1.70 bits per heavy atom. The van der Waals surface area contributed by atoms with E-state index in [4.69, 9.17) is 4.74 Å². The van der Waals surface area contributed by atoms with Gasteiger partial charge in [-0.15, -0.1) is 0 Å². The number of aromatic nitrogens is 1. The van der Waals surface area contributed by atoms with Crippen molar-refractivity contribution in [3.63, 3.8) is 0 Å². The van der Waals surface area contributed by atoms with Crippen LogP contribution in [0, 0.1) is 5.41 Å². The van der Waals surface area contributed by atoms with E-state index in [9.17, 15) is 13.2 Å². The Bertz CT molecular complexity index is 1880. The van der Waals surface area contributed by atoms with E-state index in [1.807, 2.05) is 24.3 Å². The van der Waals surface area contributed by atoms with Crippen LogP contribution < -0.4 is 9.46 Å². The van der Waals surface area contributed by atoms with Gasteiger partial charge in [-0.3, -0.25) is 9.59 Å². The van der Waals surface area contributed by atoms with Gasteiger partial charge in [0.25, 0.3) is 5.91 Å². The molecule has 4 fully saturated rings. The van der Waals surface area contributed by atoms with Crippen molar-refractivity contribution in [2.45, 2.75) is 81.8 Å². The monoisotopic (exact) mass is 659 g/mol. The summed E-state index contributed by atoms with van der Waals surface area (Å²) in [5.74, 6) is 0.789. The normalized spacial score (nSPS) is 27.3. The number of fused-ring (bicyclic) bond motifs is 9. The van der Waals surface area contributed by atoms with Gasteiger partial charge < -0.3 is 19.1 Å². The minimum atomic E-state index is -3.97. The molecule has 1 aromatic heterocycles. The SMILES string of the molecule is COc1cccc2c1C1CC1(C(=O)N1C3CCC1CN(C)C3)Cn1c-2c(C2CCCCC2)c2ccc(C(=O)NS(=O)(=O)N(C)C)cc21. The molecule has 2 aliphatic carbocycles. The number of piperazine rings is 1. The van der Waals surface area contributed by atoms with Gasteiger partial charge in [0.2, 0.25) is 5.91 Å². The summed E-state index contributed by atoms with van der Waals surface area (Å²) in [4.78, 5) is 33.0. The van der Waals surface area contributed by atoms with Crippen LogP contribution in [-0.4, -0.2) is 92.3 Å². The third kappa shape index (κ3) is 4.75. The lowest BCUT2D eigenvalue weighted by molar-refractivity contribution is -0.143. The largest absolute Gasteiger partial charge is 0.496 e. The van der Waals surface area contributed by atoms with Crippen molar-refractivity contribution in [3.05, 3.63) is 53.1 Å². The van der Waals surface area contributed by atoms with Gasteiger partial charge in [0.15, 0.2) is 0 Å². The van der Waals surface area contributed by atoms with Crippen LogP contribution >= 0.6 is 0 Å². The second-order valence-corrected chi connectivity index (χ2v) is 16.7. The minimum absolute atomic E-state index is 0.0334. The fraction of sp³-hybridized carbons (Fsp3) is 0.556. The maximum absolute atomic E-state index is 15.0. The van der Waals surface area contributed by atoms with Crippen molar-refractivity contribution in [2.24, 2.45) is 5.41 Å². The van der Waals surface area contributed by atoms with Crippen LogP contribution in [0.2, 0.25) is 0 Å². The summed E-state index contributed by atoms with van der Waals surface area (Å²) in [5.41, 5.74) is 5.18. The maximum Gasteiger partial charge on any atom is 0.303 e. The van der Waals surface area contributed by atoms with Crippen molar-refractivity contribution in [1.82, 2.24) is 23.4 Å². The molecule has 8 rings (SSSR count). The smallest absolute Gasteiger partial charge is 0.303 e. The van der Waals surface area contributed by atoms with Gasteiger partial charge in [0, 0.05) is 79.3 Å². The lowest BCUT2D eigenvalue weighted by Gasteiger charge is -2.41. The summed E-state index contributed by atoms with van der Waals surface area (Å²) >= 11 is 0. The fourth-order valence-electron chi connectivity index (χ4n) is 9.48. The van der Waals surface area contributed by atoms with Gasteiger partial charge in [-0.25, -0.2) is 4.72 Å². The number of nitrogens with one attached hydrogen (secondary N) is 1. The number of carbonyl (C=O) groups excluding carboxylic acids is 2. The quantitative estimate of drug-likeness (QED) is 0.412. The summed E-state index contributed by atoms with van der Waals surface area (Å²) < 4.78 is 36.7. The molecule has 2 amide bonds. The van der Waals surface area contributed by atoms with Crippen LogP contribution in [0.15, 0.2) is 36.4 Å². The fourth-order valence-corrected chi connectivity index (χ4v) is 10.0. The lowest BCUT2D eigenvalue weighted by atomic mass is 9.81.